The highest BCUT2D eigenvalue weighted by Gasteiger charge is 2.33. The highest BCUT2D eigenvalue weighted by atomic mass is 79.9. The van der Waals surface area contributed by atoms with Gasteiger partial charge in [0, 0.05) is 13.5 Å². The molecular formula is C11H16BrNO2. The van der Waals surface area contributed by atoms with Crippen molar-refractivity contribution in [2.45, 2.75) is 24.9 Å². The third-order valence-corrected chi connectivity index (χ3v) is 3.48. The highest BCUT2D eigenvalue weighted by Crippen LogP contribution is 2.28. The van der Waals surface area contributed by atoms with Gasteiger partial charge in [0.2, 0.25) is 0 Å². The molecule has 0 aromatic carbocycles. The molecule has 4 heteroatoms. The second kappa shape index (κ2) is 4.68. The maximum atomic E-state index is 5.68. The molecule has 1 aliphatic rings. The molecule has 1 aromatic rings. The first-order valence-electron chi connectivity index (χ1n) is 5.23. The van der Waals surface area contributed by atoms with Crippen molar-refractivity contribution in [3.63, 3.8) is 0 Å². The first-order valence-corrected chi connectivity index (χ1v) is 6.02. The van der Waals surface area contributed by atoms with Gasteiger partial charge in [-0.05, 0) is 47.9 Å². The quantitative estimate of drug-likeness (QED) is 0.918. The van der Waals surface area contributed by atoms with E-state index < -0.39 is 0 Å². The van der Waals surface area contributed by atoms with Crippen LogP contribution in [0.1, 0.15) is 18.6 Å². The minimum atomic E-state index is -0.0391. The zero-order chi connectivity index (χ0) is 10.7. The minimum absolute atomic E-state index is 0.0391. The summed E-state index contributed by atoms with van der Waals surface area (Å²) in [6, 6.07) is 2.02. The molecule has 0 unspecified atom stereocenters. The van der Waals surface area contributed by atoms with Crippen molar-refractivity contribution in [3.05, 3.63) is 22.6 Å². The molecule has 1 fully saturated rings. The summed E-state index contributed by atoms with van der Waals surface area (Å²) in [4.78, 5) is 0. The Kier molecular flexibility index (Phi) is 3.49. The summed E-state index contributed by atoms with van der Waals surface area (Å²) >= 11 is 3.39. The zero-order valence-corrected chi connectivity index (χ0v) is 10.5. The molecule has 15 heavy (non-hydrogen) atoms. The summed E-state index contributed by atoms with van der Waals surface area (Å²) < 4.78 is 12.1. The van der Waals surface area contributed by atoms with Crippen molar-refractivity contribution < 1.29 is 9.15 Å². The molecule has 2 rings (SSSR count). The predicted octanol–water partition coefficient (Wildman–Crippen LogP) is 2.35. The molecule has 1 aliphatic heterocycles. The van der Waals surface area contributed by atoms with Crippen LogP contribution in [-0.4, -0.2) is 25.8 Å². The average molecular weight is 274 g/mol. The Balaban J connectivity index is 2.06. The van der Waals surface area contributed by atoms with E-state index >= 15 is 0 Å². The van der Waals surface area contributed by atoms with E-state index in [4.69, 9.17) is 9.15 Å². The summed E-state index contributed by atoms with van der Waals surface area (Å²) in [5, 5.41) is 3.34. The van der Waals surface area contributed by atoms with E-state index in [2.05, 4.69) is 21.2 Å². The summed E-state index contributed by atoms with van der Waals surface area (Å²) in [7, 11) is 1.79. The Morgan fingerprint density at radius 1 is 1.53 bits per heavy atom. The zero-order valence-electron chi connectivity index (χ0n) is 8.88. The molecule has 3 nitrogen and oxygen atoms in total. The molecule has 0 bridgehead atoms. The van der Waals surface area contributed by atoms with Crippen molar-refractivity contribution in [3.8, 4) is 0 Å². The molecule has 1 aromatic heterocycles. The van der Waals surface area contributed by atoms with Gasteiger partial charge >= 0.3 is 0 Å². The van der Waals surface area contributed by atoms with Crippen LogP contribution in [0.3, 0.4) is 0 Å². The first-order chi connectivity index (χ1) is 7.24. The van der Waals surface area contributed by atoms with E-state index in [-0.39, 0.29) is 5.60 Å². The highest BCUT2D eigenvalue weighted by molar-refractivity contribution is 9.10. The third-order valence-electron chi connectivity index (χ3n) is 3.07. The fourth-order valence-electron chi connectivity index (χ4n) is 2.10. The number of hydrogen-bond acceptors (Lipinski definition) is 3. The fraction of sp³-hybridized carbons (Fsp3) is 0.636. The van der Waals surface area contributed by atoms with Gasteiger partial charge in [0.05, 0.1) is 10.1 Å². The SMILES string of the molecule is COC1(Cc2cc(Br)co2)CCNCC1. The predicted molar refractivity (Wildman–Crippen MR) is 62.0 cm³/mol. The number of hydrogen-bond donors (Lipinski definition) is 1. The van der Waals surface area contributed by atoms with Crippen molar-refractivity contribution in [2.24, 2.45) is 0 Å². The smallest absolute Gasteiger partial charge is 0.107 e. The van der Waals surface area contributed by atoms with Crippen LogP contribution < -0.4 is 5.32 Å². The molecule has 1 N–H and O–H groups in total. The topological polar surface area (TPSA) is 34.4 Å². The number of rotatable bonds is 3. The van der Waals surface area contributed by atoms with Gasteiger partial charge in [0.25, 0.3) is 0 Å². The van der Waals surface area contributed by atoms with Crippen LogP contribution in [0, 0.1) is 0 Å². The van der Waals surface area contributed by atoms with Crippen LogP contribution in [0.2, 0.25) is 0 Å². The standard InChI is InChI=1S/C11H16BrNO2/c1-14-11(2-4-13-5-3-11)7-10-6-9(12)8-15-10/h6,8,13H,2-5,7H2,1H3. The molecular weight excluding hydrogens is 258 g/mol. The largest absolute Gasteiger partial charge is 0.468 e. The normalized spacial score (nSPS) is 20.4. The Morgan fingerprint density at radius 2 is 2.27 bits per heavy atom. The Labute approximate surface area is 98.3 Å². The summed E-state index contributed by atoms with van der Waals surface area (Å²) in [5.41, 5.74) is -0.0391. The number of ether oxygens (including phenoxy) is 1. The van der Waals surface area contributed by atoms with Gasteiger partial charge in [-0.3, -0.25) is 0 Å². The third kappa shape index (κ3) is 2.62. The van der Waals surface area contributed by atoms with Crippen LogP contribution in [-0.2, 0) is 11.2 Å². The first kappa shape index (κ1) is 11.2. The van der Waals surface area contributed by atoms with E-state index in [0.717, 1.165) is 42.6 Å². The molecule has 0 radical (unpaired) electrons. The Bertz CT molecular complexity index is 318. The summed E-state index contributed by atoms with van der Waals surface area (Å²) in [6.07, 6.45) is 4.67. The summed E-state index contributed by atoms with van der Waals surface area (Å²) in [5.74, 6) is 0.991. The van der Waals surface area contributed by atoms with Crippen molar-refractivity contribution in [1.82, 2.24) is 5.32 Å². The molecule has 84 valence electrons. The summed E-state index contributed by atoms with van der Waals surface area (Å²) in [6.45, 7) is 2.05. The van der Waals surface area contributed by atoms with E-state index in [9.17, 15) is 0 Å². The van der Waals surface area contributed by atoms with Crippen LogP contribution in [0.15, 0.2) is 21.2 Å². The number of nitrogens with one attached hydrogen (secondary N) is 1. The van der Waals surface area contributed by atoms with E-state index in [1.54, 1.807) is 13.4 Å². The second-order valence-electron chi connectivity index (χ2n) is 4.05. The van der Waals surface area contributed by atoms with E-state index in [0.29, 0.717) is 0 Å². The molecule has 0 spiro atoms. The van der Waals surface area contributed by atoms with Gasteiger partial charge in [0.15, 0.2) is 0 Å². The van der Waals surface area contributed by atoms with Gasteiger partial charge in [-0.15, -0.1) is 0 Å². The fourth-order valence-corrected chi connectivity index (χ4v) is 2.45. The Hall–Kier alpha value is -0.320. The van der Waals surface area contributed by atoms with Gasteiger partial charge in [-0.2, -0.15) is 0 Å². The molecule has 0 amide bonds. The molecule has 0 saturated carbocycles. The molecule has 1 saturated heterocycles. The van der Waals surface area contributed by atoms with Crippen LogP contribution in [0.5, 0.6) is 0 Å². The molecule has 0 atom stereocenters. The van der Waals surface area contributed by atoms with Crippen LogP contribution >= 0.6 is 15.9 Å². The van der Waals surface area contributed by atoms with Crippen LogP contribution in [0.25, 0.3) is 0 Å². The minimum Gasteiger partial charge on any atom is -0.468 e. The lowest BCUT2D eigenvalue weighted by Gasteiger charge is -2.35. The molecule has 2 heterocycles. The van der Waals surface area contributed by atoms with Crippen molar-refractivity contribution in [2.75, 3.05) is 20.2 Å². The number of piperidine rings is 1. The van der Waals surface area contributed by atoms with Crippen LogP contribution in [0.4, 0.5) is 0 Å². The Morgan fingerprint density at radius 3 is 2.80 bits per heavy atom. The van der Waals surface area contributed by atoms with Gasteiger partial charge < -0.3 is 14.5 Å². The lowest BCUT2D eigenvalue weighted by molar-refractivity contribution is -0.0366. The maximum absolute atomic E-state index is 5.68. The monoisotopic (exact) mass is 273 g/mol. The van der Waals surface area contributed by atoms with E-state index in [1.165, 1.54) is 0 Å². The van der Waals surface area contributed by atoms with Crippen molar-refractivity contribution in [1.29, 1.82) is 0 Å². The lowest BCUT2D eigenvalue weighted by Crippen LogP contribution is -2.44. The number of furan rings is 1. The number of methoxy groups -OCH3 is 1. The van der Waals surface area contributed by atoms with E-state index in [1.807, 2.05) is 6.07 Å². The maximum Gasteiger partial charge on any atom is 0.107 e. The van der Waals surface area contributed by atoms with Gasteiger partial charge in [-0.25, -0.2) is 0 Å². The van der Waals surface area contributed by atoms with Gasteiger partial charge in [-0.1, -0.05) is 0 Å². The van der Waals surface area contributed by atoms with Gasteiger partial charge in [0.1, 0.15) is 12.0 Å². The number of halogens is 1. The lowest BCUT2D eigenvalue weighted by atomic mass is 9.88. The average Bonchev–Trinajstić information content (AvgIpc) is 2.65. The van der Waals surface area contributed by atoms with Crippen molar-refractivity contribution >= 4 is 15.9 Å². The molecule has 0 aliphatic carbocycles. The second-order valence-corrected chi connectivity index (χ2v) is 4.96.